The Labute approximate surface area is 219 Å². The van der Waals surface area contributed by atoms with Gasteiger partial charge in [-0.2, -0.15) is 9.97 Å². The number of carboxylic acids is 2. The lowest BCUT2D eigenvalue weighted by Gasteiger charge is -2.30. The van der Waals surface area contributed by atoms with Crippen LogP contribution in [-0.2, 0) is 25.5 Å². The molecule has 4 atom stereocenters. The Morgan fingerprint density at radius 3 is 2.68 bits per heavy atom. The average Bonchev–Trinajstić information content (AvgIpc) is 3.40. The van der Waals surface area contributed by atoms with Crippen molar-refractivity contribution >= 4 is 40.5 Å². The van der Waals surface area contributed by atoms with Gasteiger partial charge in [-0.25, -0.2) is 14.6 Å². The van der Waals surface area contributed by atoms with Crippen LogP contribution in [-0.4, -0.2) is 89.0 Å². The van der Waals surface area contributed by atoms with Crippen LogP contribution in [0.1, 0.15) is 11.8 Å². The van der Waals surface area contributed by atoms with Gasteiger partial charge in [-0.3, -0.25) is 4.57 Å². The fourth-order valence-corrected chi connectivity index (χ4v) is 4.29. The number of carbonyl (C=O) groups is 2. The lowest BCUT2D eigenvalue weighted by Crippen LogP contribution is -2.55. The molecule has 1 aliphatic heterocycles. The zero-order valence-electron chi connectivity index (χ0n) is 19.7. The first-order valence-corrected chi connectivity index (χ1v) is 11.3. The standard InChI is InChI=1S/C23H22ClN5O9/c1-3-22(35)13(38-18(15(22)30)29-10-26-14-16(25)27-21(24)28-17(14)29)9-37-23(19(31)32,20(33)34)8-11-5-4-6-12(7-11)36-2/h1,4-7,10,13,15,18,30,35H,8-9H2,2H3,(H,31,32)(H,33,34)(H2,25,27,28)/t13-,15+,18-,22-/m1/s1. The Bertz CT molecular complexity index is 1430. The number of fused-ring (bicyclic) bond motifs is 1. The highest BCUT2D eigenvalue weighted by atomic mass is 35.5. The molecule has 0 unspecified atom stereocenters. The van der Waals surface area contributed by atoms with E-state index >= 15 is 0 Å². The smallest absolute Gasteiger partial charge is 0.348 e. The molecule has 200 valence electrons. The molecular formula is C23H22ClN5O9. The molecule has 3 aromatic rings. The minimum Gasteiger partial charge on any atom is -0.497 e. The molecule has 1 saturated heterocycles. The van der Waals surface area contributed by atoms with Crippen LogP contribution >= 0.6 is 11.6 Å². The molecule has 1 fully saturated rings. The van der Waals surface area contributed by atoms with E-state index in [4.69, 9.17) is 38.0 Å². The fraction of sp³-hybridized carbons (Fsp3) is 0.348. The van der Waals surface area contributed by atoms with Gasteiger partial charge in [0.15, 0.2) is 23.3 Å². The van der Waals surface area contributed by atoms with E-state index in [9.17, 15) is 30.0 Å². The van der Waals surface area contributed by atoms with Crippen molar-refractivity contribution in [3.8, 4) is 18.1 Å². The van der Waals surface area contributed by atoms with Gasteiger partial charge in [0.2, 0.25) is 5.28 Å². The number of methoxy groups -OCH3 is 1. The number of nitrogens with zero attached hydrogens (tertiary/aromatic N) is 4. The first kappa shape index (κ1) is 27.0. The van der Waals surface area contributed by atoms with Crippen molar-refractivity contribution in [1.29, 1.82) is 0 Å². The summed E-state index contributed by atoms with van der Waals surface area (Å²) in [5.74, 6) is -1.27. The number of nitrogens with two attached hydrogens (primary N) is 1. The number of carboxylic acid groups (broad SMARTS) is 2. The Balaban J connectivity index is 1.65. The fourth-order valence-electron chi connectivity index (χ4n) is 4.12. The Morgan fingerprint density at radius 1 is 1.34 bits per heavy atom. The monoisotopic (exact) mass is 547 g/mol. The molecule has 0 spiro atoms. The van der Waals surface area contributed by atoms with Gasteiger partial charge in [0.1, 0.15) is 23.5 Å². The molecule has 1 aliphatic rings. The Morgan fingerprint density at radius 2 is 2.05 bits per heavy atom. The van der Waals surface area contributed by atoms with Gasteiger partial charge in [0.05, 0.1) is 20.0 Å². The summed E-state index contributed by atoms with van der Waals surface area (Å²) in [4.78, 5) is 36.3. The number of imidazole rings is 1. The number of nitrogen functional groups attached to an aromatic ring is 1. The number of aromatic nitrogens is 4. The summed E-state index contributed by atoms with van der Waals surface area (Å²) in [6.07, 6.45) is 1.29. The molecular weight excluding hydrogens is 526 g/mol. The van der Waals surface area contributed by atoms with Gasteiger partial charge in [0.25, 0.3) is 5.60 Å². The van der Waals surface area contributed by atoms with Crippen molar-refractivity contribution in [2.75, 3.05) is 19.5 Å². The maximum Gasteiger partial charge on any atom is 0.348 e. The number of terminal acetylenes is 1. The number of halogens is 1. The summed E-state index contributed by atoms with van der Waals surface area (Å²) in [5, 5.41) is 41.6. The minimum atomic E-state index is -2.80. The molecule has 3 heterocycles. The van der Waals surface area contributed by atoms with Crippen LogP contribution in [0.25, 0.3) is 11.2 Å². The molecule has 38 heavy (non-hydrogen) atoms. The number of rotatable bonds is 9. The largest absolute Gasteiger partial charge is 0.497 e. The predicted molar refractivity (Wildman–Crippen MR) is 129 cm³/mol. The maximum atomic E-state index is 12.2. The van der Waals surface area contributed by atoms with Crippen LogP contribution in [0.3, 0.4) is 0 Å². The van der Waals surface area contributed by atoms with Crippen molar-refractivity contribution in [2.24, 2.45) is 0 Å². The van der Waals surface area contributed by atoms with Crippen LogP contribution < -0.4 is 10.5 Å². The zero-order valence-corrected chi connectivity index (χ0v) is 20.4. The van der Waals surface area contributed by atoms with E-state index in [1.165, 1.54) is 30.1 Å². The van der Waals surface area contributed by atoms with Gasteiger partial charge in [0, 0.05) is 6.42 Å². The maximum absolute atomic E-state index is 12.2. The van der Waals surface area contributed by atoms with Crippen LogP contribution in [0.15, 0.2) is 30.6 Å². The molecule has 0 aliphatic carbocycles. The highest BCUT2D eigenvalue weighted by Crippen LogP contribution is 2.39. The number of aliphatic carboxylic acids is 2. The number of aliphatic hydroxyl groups excluding tert-OH is 1. The number of aliphatic hydroxyl groups is 2. The molecule has 0 bridgehead atoms. The van der Waals surface area contributed by atoms with E-state index in [0.29, 0.717) is 5.75 Å². The van der Waals surface area contributed by atoms with Crippen molar-refractivity contribution in [1.82, 2.24) is 19.5 Å². The molecule has 4 rings (SSSR count). The summed E-state index contributed by atoms with van der Waals surface area (Å²) in [6.45, 7) is -0.832. The summed E-state index contributed by atoms with van der Waals surface area (Å²) < 4.78 is 17.5. The number of benzene rings is 1. The van der Waals surface area contributed by atoms with Crippen molar-refractivity contribution < 1.29 is 44.2 Å². The molecule has 1 aromatic carbocycles. The summed E-state index contributed by atoms with van der Waals surface area (Å²) in [5.41, 5.74) is 1.04. The van der Waals surface area contributed by atoms with E-state index in [0.717, 1.165) is 0 Å². The second kappa shape index (κ2) is 10.0. The molecule has 0 saturated carbocycles. The third-order valence-electron chi connectivity index (χ3n) is 6.20. The lowest BCUT2D eigenvalue weighted by atomic mass is 9.92. The third-order valence-corrected chi connectivity index (χ3v) is 6.37. The van der Waals surface area contributed by atoms with Crippen LogP contribution in [0.2, 0.25) is 5.28 Å². The van der Waals surface area contributed by atoms with E-state index in [1.807, 2.05) is 5.92 Å². The highest BCUT2D eigenvalue weighted by Gasteiger charge is 2.58. The van der Waals surface area contributed by atoms with Gasteiger partial charge in [-0.1, -0.05) is 18.1 Å². The Hall–Kier alpha value is -4.00. The number of anilines is 1. The van der Waals surface area contributed by atoms with Gasteiger partial charge >= 0.3 is 11.9 Å². The first-order chi connectivity index (χ1) is 18.0. The van der Waals surface area contributed by atoms with Gasteiger partial charge < -0.3 is 40.4 Å². The normalized spacial score (nSPS) is 23.3. The zero-order chi connectivity index (χ0) is 27.8. The van der Waals surface area contributed by atoms with E-state index in [-0.39, 0.29) is 27.8 Å². The molecule has 2 aromatic heterocycles. The average molecular weight is 548 g/mol. The first-order valence-electron chi connectivity index (χ1n) is 10.9. The quantitative estimate of drug-likeness (QED) is 0.134. The minimum absolute atomic E-state index is 0.0518. The number of hydrogen-bond acceptors (Lipinski definition) is 11. The molecule has 6 N–H and O–H groups in total. The number of ether oxygens (including phenoxy) is 3. The highest BCUT2D eigenvalue weighted by molar-refractivity contribution is 6.28. The number of hydrogen-bond donors (Lipinski definition) is 5. The van der Waals surface area contributed by atoms with Crippen LogP contribution in [0.5, 0.6) is 5.75 Å². The van der Waals surface area contributed by atoms with E-state index < -0.39 is 54.6 Å². The van der Waals surface area contributed by atoms with E-state index in [1.54, 1.807) is 12.1 Å². The van der Waals surface area contributed by atoms with Crippen molar-refractivity contribution in [3.63, 3.8) is 0 Å². The molecule has 15 heteroatoms. The molecule has 0 radical (unpaired) electrons. The van der Waals surface area contributed by atoms with Crippen molar-refractivity contribution in [2.45, 2.75) is 36.1 Å². The van der Waals surface area contributed by atoms with E-state index in [2.05, 4.69) is 15.0 Å². The summed E-state index contributed by atoms with van der Waals surface area (Å²) in [6, 6.07) is 6.11. The summed E-state index contributed by atoms with van der Waals surface area (Å²) >= 11 is 5.89. The molecule has 0 amide bonds. The second-order valence-corrected chi connectivity index (χ2v) is 8.75. The lowest BCUT2D eigenvalue weighted by molar-refractivity contribution is -0.191. The van der Waals surface area contributed by atoms with Gasteiger partial charge in [-0.15, -0.1) is 6.42 Å². The predicted octanol–water partition coefficient (Wildman–Crippen LogP) is -0.140. The van der Waals surface area contributed by atoms with Gasteiger partial charge in [-0.05, 0) is 29.3 Å². The second-order valence-electron chi connectivity index (χ2n) is 8.41. The summed E-state index contributed by atoms with van der Waals surface area (Å²) in [7, 11) is 1.40. The van der Waals surface area contributed by atoms with Crippen LogP contribution in [0.4, 0.5) is 5.82 Å². The third kappa shape index (κ3) is 4.46. The Kier molecular flexibility index (Phi) is 7.15. The van der Waals surface area contributed by atoms with Crippen molar-refractivity contribution in [3.05, 3.63) is 41.4 Å². The van der Waals surface area contributed by atoms with Crippen LogP contribution in [0, 0.1) is 12.3 Å². The topological polar surface area (TPSA) is 212 Å². The molecule has 14 nitrogen and oxygen atoms in total. The SMILES string of the molecule is C#C[C@@]1(O)[C@@H](COC(Cc2cccc(OC)c2)(C(=O)O)C(=O)O)O[C@@H](n2cnc3c(N)nc(Cl)nc32)[C@@H]1O.